The van der Waals surface area contributed by atoms with E-state index in [2.05, 4.69) is 11.4 Å². The van der Waals surface area contributed by atoms with Crippen LogP contribution in [0.5, 0.6) is 5.75 Å². The number of carbonyl (C=O) groups excluding carboxylic acids is 2. The van der Waals surface area contributed by atoms with Gasteiger partial charge >= 0.3 is 0 Å². The van der Waals surface area contributed by atoms with E-state index in [9.17, 15) is 9.59 Å². The van der Waals surface area contributed by atoms with Gasteiger partial charge in [0.25, 0.3) is 0 Å². The maximum atomic E-state index is 13.4. The van der Waals surface area contributed by atoms with Gasteiger partial charge in [0.15, 0.2) is 0 Å². The monoisotopic (exact) mass is 392 g/mol. The van der Waals surface area contributed by atoms with Gasteiger partial charge in [0.1, 0.15) is 5.75 Å². The molecule has 4 rings (SSSR count). The van der Waals surface area contributed by atoms with Crippen LogP contribution in [0.25, 0.3) is 0 Å². The zero-order valence-corrected chi connectivity index (χ0v) is 16.9. The van der Waals surface area contributed by atoms with Gasteiger partial charge in [-0.3, -0.25) is 9.59 Å². The molecule has 2 aromatic rings. The third-order valence-electron chi connectivity index (χ3n) is 6.20. The number of benzene rings is 2. The molecule has 1 aliphatic carbocycles. The SMILES string of the molecule is COc1ccc(CNC(=O)[C@H]2CCCC[C@@H]2C(=O)N2CCc3ccccc32)cc1. The third-order valence-corrected chi connectivity index (χ3v) is 6.20. The lowest BCUT2D eigenvalue weighted by Gasteiger charge is -2.32. The van der Waals surface area contributed by atoms with E-state index in [-0.39, 0.29) is 23.7 Å². The molecule has 0 aromatic heterocycles. The lowest BCUT2D eigenvalue weighted by Crippen LogP contribution is -2.45. The summed E-state index contributed by atoms with van der Waals surface area (Å²) in [5.74, 6) is 0.419. The largest absolute Gasteiger partial charge is 0.497 e. The molecule has 1 N–H and O–H groups in total. The summed E-state index contributed by atoms with van der Waals surface area (Å²) in [4.78, 5) is 28.2. The van der Waals surface area contributed by atoms with Crippen molar-refractivity contribution in [3.8, 4) is 5.75 Å². The van der Waals surface area contributed by atoms with E-state index in [4.69, 9.17) is 4.74 Å². The van der Waals surface area contributed by atoms with Crippen molar-refractivity contribution in [2.45, 2.75) is 38.6 Å². The number of anilines is 1. The minimum atomic E-state index is -0.248. The first-order chi connectivity index (χ1) is 14.2. The van der Waals surface area contributed by atoms with Gasteiger partial charge in [-0.25, -0.2) is 0 Å². The molecule has 29 heavy (non-hydrogen) atoms. The van der Waals surface area contributed by atoms with E-state index >= 15 is 0 Å². The van der Waals surface area contributed by atoms with Crippen molar-refractivity contribution in [2.75, 3.05) is 18.6 Å². The summed E-state index contributed by atoms with van der Waals surface area (Å²) >= 11 is 0. The van der Waals surface area contributed by atoms with Gasteiger partial charge < -0.3 is 15.0 Å². The van der Waals surface area contributed by atoms with E-state index in [0.717, 1.165) is 55.6 Å². The highest BCUT2D eigenvalue weighted by atomic mass is 16.5. The lowest BCUT2D eigenvalue weighted by molar-refractivity contribution is -0.135. The molecule has 2 amide bonds. The van der Waals surface area contributed by atoms with E-state index in [1.54, 1.807) is 7.11 Å². The van der Waals surface area contributed by atoms with E-state index in [1.807, 2.05) is 47.4 Å². The van der Waals surface area contributed by atoms with Gasteiger partial charge in [-0.15, -0.1) is 0 Å². The minimum absolute atomic E-state index is 0.00801. The van der Waals surface area contributed by atoms with Crippen LogP contribution in [0, 0.1) is 11.8 Å². The summed E-state index contributed by atoms with van der Waals surface area (Å²) in [6.45, 7) is 1.18. The summed E-state index contributed by atoms with van der Waals surface area (Å²) in [7, 11) is 1.63. The molecule has 0 radical (unpaired) electrons. The zero-order chi connectivity index (χ0) is 20.2. The van der Waals surface area contributed by atoms with Crippen molar-refractivity contribution >= 4 is 17.5 Å². The number of hydrogen-bond donors (Lipinski definition) is 1. The number of rotatable bonds is 5. The minimum Gasteiger partial charge on any atom is -0.497 e. The Morgan fingerprint density at radius 2 is 1.76 bits per heavy atom. The first kappa shape index (κ1) is 19.5. The highest BCUT2D eigenvalue weighted by Gasteiger charge is 2.39. The van der Waals surface area contributed by atoms with Gasteiger partial charge in [-0.1, -0.05) is 43.2 Å². The van der Waals surface area contributed by atoms with Crippen LogP contribution in [0.2, 0.25) is 0 Å². The number of carbonyl (C=O) groups is 2. The first-order valence-corrected chi connectivity index (χ1v) is 10.5. The van der Waals surface area contributed by atoms with Crippen molar-refractivity contribution in [3.63, 3.8) is 0 Å². The lowest BCUT2D eigenvalue weighted by atomic mass is 9.77. The average molecular weight is 392 g/mol. The molecule has 1 fully saturated rings. The molecule has 1 aliphatic heterocycles. The van der Waals surface area contributed by atoms with Gasteiger partial charge in [0.2, 0.25) is 11.8 Å². The van der Waals surface area contributed by atoms with Crippen molar-refractivity contribution in [1.29, 1.82) is 0 Å². The molecule has 0 bridgehead atoms. The van der Waals surface area contributed by atoms with Crippen LogP contribution in [-0.2, 0) is 22.6 Å². The molecule has 5 nitrogen and oxygen atoms in total. The number of hydrogen-bond acceptors (Lipinski definition) is 3. The van der Waals surface area contributed by atoms with E-state index < -0.39 is 0 Å². The number of para-hydroxylation sites is 1. The summed E-state index contributed by atoms with van der Waals surface area (Å²) < 4.78 is 5.17. The van der Waals surface area contributed by atoms with Crippen LogP contribution >= 0.6 is 0 Å². The van der Waals surface area contributed by atoms with Crippen molar-refractivity contribution in [3.05, 3.63) is 59.7 Å². The predicted octanol–water partition coefficient (Wildman–Crippen LogP) is 3.71. The van der Waals surface area contributed by atoms with Crippen molar-refractivity contribution < 1.29 is 14.3 Å². The highest BCUT2D eigenvalue weighted by molar-refractivity contribution is 5.99. The third kappa shape index (κ3) is 4.14. The molecule has 2 aromatic carbocycles. The summed E-state index contributed by atoms with van der Waals surface area (Å²) in [5, 5.41) is 3.05. The Bertz CT molecular complexity index is 878. The Balaban J connectivity index is 1.43. The summed E-state index contributed by atoms with van der Waals surface area (Å²) in [6.07, 6.45) is 4.47. The van der Waals surface area contributed by atoms with Gasteiger partial charge in [0.05, 0.1) is 13.0 Å². The molecule has 0 spiro atoms. The zero-order valence-electron chi connectivity index (χ0n) is 16.9. The molecule has 2 aliphatic rings. The van der Waals surface area contributed by atoms with Crippen LogP contribution in [0.4, 0.5) is 5.69 Å². The quantitative estimate of drug-likeness (QED) is 0.844. The maximum Gasteiger partial charge on any atom is 0.230 e. The Hall–Kier alpha value is -2.82. The topological polar surface area (TPSA) is 58.6 Å². The number of ether oxygens (including phenoxy) is 1. The number of fused-ring (bicyclic) bond motifs is 1. The van der Waals surface area contributed by atoms with Crippen LogP contribution in [-0.4, -0.2) is 25.5 Å². The number of methoxy groups -OCH3 is 1. The van der Waals surface area contributed by atoms with E-state index in [1.165, 1.54) is 5.56 Å². The summed E-state index contributed by atoms with van der Waals surface area (Å²) in [6, 6.07) is 15.8. The second-order valence-electron chi connectivity index (χ2n) is 7.93. The van der Waals surface area contributed by atoms with Crippen LogP contribution < -0.4 is 15.0 Å². The average Bonchev–Trinajstić information content (AvgIpc) is 3.21. The van der Waals surface area contributed by atoms with E-state index in [0.29, 0.717) is 6.54 Å². The molecule has 2 atom stereocenters. The van der Waals surface area contributed by atoms with Crippen LogP contribution in [0.1, 0.15) is 36.8 Å². The fourth-order valence-electron chi connectivity index (χ4n) is 4.57. The fraction of sp³-hybridized carbons (Fsp3) is 0.417. The van der Waals surface area contributed by atoms with Gasteiger partial charge in [-0.2, -0.15) is 0 Å². The second-order valence-corrected chi connectivity index (χ2v) is 7.93. The highest BCUT2D eigenvalue weighted by Crippen LogP contribution is 2.36. The van der Waals surface area contributed by atoms with Crippen molar-refractivity contribution in [1.82, 2.24) is 5.32 Å². The Morgan fingerprint density at radius 3 is 2.52 bits per heavy atom. The predicted molar refractivity (Wildman–Crippen MR) is 113 cm³/mol. The molecule has 152 valence electrons. The maximum absolute atomic E-state index is 13.4. The summed E-state index contributed by atoms with van der Waals surface area (Å²) in [5.41, 5.74) is 3.25. The smallest absolute Gasteiger partial charge is 0.230 e. The standard InChI is InChI=1S/C24H28N2O3/c1-29-19-12-10-17(11-13-19)16-25-23(27)20-7-3-4-8-21(20)24(28)26-15-14-18-6-2-5-9-22(18)26/h2,5-6,9-13,20-21H,3-4,7-8,14-16H2,1H3,(H,25,27)/t20-,21-/m0/s1. The normalized spacial score (nSPS) is 20.8. The molecule has 1 saturated carbocycles. The molecule has 0 unspecified atom stereocenters. The number of nitrogens with one attached hydrogen (secondary N) is 1. The second kappa shape index (κ2) is 8.68. The fourth-order valence-corrected chi connectivity index (χ4v) is 4.57. The molecular weight excluding hydrogens is 364 g/mol. The molecular formula is C24H28N2O3. The molecule has 0 saturated heterocycles. The number of nitrogens with zero attached hydrogens (tertiary/aromatic N) is 1. The first-order valence-electron chi connectivity index (χ1n) is 10.5. The Morgan fingerprint density at radius 1 is 1.03 bits per heavy atom. The van der Waals surface area contributed by atoms with Crippen LogP contribution in [0.3, 0.4) is 0 Å². The molecule has 1 heterocycles. The van der Waals surface area contributed by atoms with Crippen molar-refractivity contribution in [2.24, 2.45) is 11.8 Å². The van der Waals surface area contributed by atoms with Gasteiger partial charge in [-0.05, 0) is 48.6 Å². The van der Waals surface area contributed by atoms with Gasteiger partial charge in [0, 0.05) is 24.7 Å². The molecule has 5 heteroatoms. The Kier molecular flexibility index (Phi) is 5.84. The van der Waals surface area contributed by atoms with Crippen LogP contribution in [0.15, 0.2) is 48.5 Å². The Labute approximate surface area is 172 Å². The number of amides is 2.